The first-order valence-corrected chi connectivity index (χ1v) is 13.5. The van der Waals surface area contributed by atoms with Crippen LogP contribution in [0, 0.1) is 6.92 Å². The lowest BCUT2D eigenvalue weighted by atomic mass is 9.98. The number of methoxy groups -OCH3 is 1. The minimum atomic E-state index is -0.755. The van der Waals surface area contributed by atoms with E-state index in [0.717, 1.165) is 22.3 Å². The average Bonchev–Trinajstić information content (AvgIpc) is 3.26. The van der Waals surface area contributed by atoms with E-state index in [9.17, 15) is 19.2 Å². The van der Waals surface area contributed by atoms with E-state index in [4.69, 9.17) is 18.9 Å². The van der Waals surface area contributed by atoms with E-state index in [1.807, 2.05) is 30.3 Å². The van der Waals surface area contributed by atoms with Crippen molar-refractivity contribution in [3.63, 3.8) is 0 Å². The second kappa shape index (κ2) is 13.2. The van der Waals surface area contributed by atoms with Crippen LogP contribution in [0.25, 0.3) is 11.1 Å². The molecular weight excluding hydrogens is 552 g/mol. The summed E-state index contributed by atoms with van der Waals surface area (Å²) >= 11 is 0. The van der Waals surface area contributed by atoms with Crippen molar-refractivity contribution in [1.82, 2.24) is 0 Å². The Morgan fingerprint density at radius 2 is 1.49 bits per heavy atom. The van der Waals surface area contributed by atoms with Gasteiger partial charge in [0.05, 0.1) is 19.1 Å². The predicted molar refractivity (Wildman–Crippen MR) is 158 cm³/mol. The number of aryl methyl sites for hydroxylation is 1. The number of ether oxygens (including phenoxy) is 5. The van der Waals surface area contributed by atoms with E-state index in [1.165, 1.54) is 19.2 Å². The molecule has 0 amide bonds. The number of carbonyl (C=O) groups is 4. The first-order chi connectivity index (χ1) is 20.5. The van der Waals surface area contributed by atoms with E-state index in [2.05, 4.69) is 24.8 Å². The molecule has 1 aliphatic carbocycles. The van der Waals surface area contributed by atoms with E-state index in [-0.39, 0.29) is 42.6 Å². The van der Waals surface area contributed by atoms with E-state index >= 15 is 0 Å². The van der Waals surface area contributed by atoms with E-state index in [1.54, 1.807) is 26.0 Å². The largest absolute Gasteiger partial charge is 0.490 e. The third-order valence-corrected chi connectivity index (χ3v) is 6.90. The first kappa shape index (κ1) is 30.8. The van der Waals surface area contributed by atoms with Crippen LogP contribution in [0.5, 0.6) is 17.2 Å². The van der Waals surface area contributed by atoms with Crippen molar-refractivity contribution < 1.29 is 42.9 Å². The number of benzene rings is 3. The molecule has 3 aromatic carbocycles. The molecule has 43 heavy (non-hydrogen) atoms. The Bertz CT molecular complexity index is 1630. The molecule has 9 heteroatoms. The average molecular weight is 585 g/mol. The summed E-state index contributed by atoms with van der Waals surface area (Å²) in [5, 5.41) is 0. The number of hydrogen-bond acceptors (Lipinski definition) is 9. The molecule has 222 valence electrons. The molecule has 9 nitrogen and oxygen atoms in total. The molecule has 0 N–H and O–H groups in total. The van der Waals surface area contributed by atoms with Gasteiger partial charge in [0.25, 0.3) is 0 Å². The Morgan fingerprint density at radius 1 is 0.814 bits per heavy atom. The van der Waals surface area contributed by atoms with E-state index in [0.29, 0.717) is 22.4 Å². The summed E-state index contributed by atoms with van der Waals surface area (Å²) < 4.78 is 26.3. The van der Waals surface area contributed by atoms with Crippen LogP contribution in [-0.2, 0) is 23.9 Å². The number of esters is 4. The van der Waals surface area contributed by atoms with Crippen molar-refractivity contribution in [2.75, 3.05) is 20.3 Å². The van der Waals surface area contributed by atoms with Crippen LogP contribution < -0.4 is 14.2 Å². The quantitative estimate of drug-likeness (QED) is 0.118. The highest BCUT2D eigenvalue weighted by molar-refractivity contribution is 5.95. The van der Waals surface area contributed by atoms with Gasteiger partial charge in [0.15, 0.2) is 0 Å². The van der Waals surface area contributed by atoms with Crippen LogP contribution in [0.2, 0.25) is 0 Å². The standard InChI is InChI=1S/C34H32O9/c1-19(2)32(36)41-14-13-40-24-8-11-27-26-10-7-23(17-28(26)22(5)29(27)18-24)34(38)42-25-9-12-30(20(3)15-25)43-33(37)21(4)16-31(35)39-6/h7-12,15,17-18,22H,1,4,13-14,16H2,2-3,5-6H3. The number of fused-ring (bicyclic) bond motifs is 3. The maximum atomic E-state index is 13.1. The van der Waals surface area contributed by atoms with Crippen LogP contribution in [0.1, 0.15) is 53.2 Å². The molecule has 0 aromatic heterocycles. The summed E-state index contributed by atoms with van der Waals surface area (Å²) in [5.41, 5.74) is 5.36. The molecule has 0 radical (unpaired) electrons. The molecule has 0 heterocycles. The topological polar surface area (TPSA) is 114 Å². The van der Waals surface area contributed by atoms with Crippen molar-refractivity contribution in [2.24, 2.45) is 0 Å². The SMILES string of the molecule is C=C(C)C(=O)OCCOc1ccc2c(c1)C(C)c1cc(C(=O)Oc3ccc(OC(=O)C(=C)CC(=O)OC)c(C)c3)ccc1-2. The Morgan fingerprint density at radius 3 is 2.16 bits per heavy atom. The molecule has 0 bridgehead atoms. The van der Waals surface area contributed by atoms with E-state index < -0.39 is 23.9 Å². The summed E-state index contributed by atoms with van der Waals surface area (Å²) in [6, 6.07) is 15.9. The van der Waals surface area contributed by atoms with Crippen molar-refractivity contribution >= 4 is 23.9 Å². The third kappa shape index (κ3) is 7.19. The zero-order valence-corrected chi connectivity index (χ0v) is 24.5. The van der Waals surface area contributed by atoms with Gasteiger partial charge in [0.2, 0.25) is 0 Å². The van der Waals surface area contributed by atoms with Crippen LogP contribution in [0.15, 0.2) is 78.9 Å². The van der Waals surface area contributed by atoms with Crippen molar-refractivity contribution in [2.45, 2.75) is 33.1 Å². The molecule has 1 unspecified atom stereocenters. The van der Waals surface area contributed by atoms with Gasteiger partial charge in [0, 0.05) is 17.1 Å². The van der Waals surface area contributed by atoms with Gasteiger partial charge in [-0.25, -0.2) is 14.4 Å². The Hall–Kier alpha value is -5.18. The summed E-state index contributed by atoms with van der Waals surface area (Å²) in [5.74, 6) is -1.15. The van der Waals surface area contributed by atoms with Gasteiger partial charge in [0.1, 0.15) is 30.5 Å². The molecule has 4 rings (SSSR count). The molecular formula is C34H32O9. The molecule has 0 spiro atoms. The highest BCUT2D eigenvalue weighted by atomic mass is 16.6. The predicted octanol–water partition coefficient (Wildman–Crippen LogP) is 5.87. The number of hydrogen-bond donors (Lipinski definition) is 0. The monoisotopic (exact) mass is 584 g/mol. The number of carbonyl (C=O) groups excluding carboxylic acids is 4. The highest BCUT2D eigenvalue weighted by Gasteiger charge is 2.27. The fourth-order valence-electron chi connectivity index (χ4n) is 4.57. The maximum absolute atomic E-state index is 13.1. The lowest BCUT2D eigenvalue weighted by Gasteiger charge is -2.12. The Labute approximate surface area is 249 Å². The minimum Gasteiger partial charge on any atom is -0.490 e. The Balaban J connectivity index is 1.39. The summed E-state index contributed by atoms with van der Waals surface area (Å²) in [4.78, 5) is 48.2. The van der Waals surface area contributed by atoms with Crippen molar-refractivity contribution in [1.29, 1.82) is 0 Å². The maximum Gasteiger partial charge on any atom is 0.343 e. The summed E-state index contributed by atoms with van der Waals surface area (Å²) in [6.07, 6.45) is -0.279. The van der Waals surface area contributed by atoms with Gasteiger partial charge in [-0.2, -0.15) is 0 Å². The molecule has 1 aliphatic rings. The molecule has 0 aliphatic heterocycles. The minimum absolute atomic E-state index is 0.00712. The fraction of sp³-hybridized carbons (Fsp3) is 0.235. The lowest BCUT2D eigenvalue weighted by Crippen LogP contribution is -2.15. The van der Waals surface area contributed by atoms with Gasteiger partial charge in [-0.1, -0.05) is 32.2 Å². The van der Waals surface area contributed by atoms with Crippen molar-refractivity contribution in [3.05, 3.63) is 101 Å². The Kier molecular flexibility index (Phi) is 9.45. The van der Waals surface area contributed by atoms with Gasteiger partial charge in [-0.3, -0.25) is 4.79 Å². The molecule has 0 fully saturated rings. The lowest BCUT2D eigenvalue weighted by molar-refractivity contribution is -0.141. The zero-order chi connectivity index (χ0) is 31.3. The molecule has 0 saturated carbocycles. The molecule has 1 atom stereocenters. The van der Waals surface area contributed by atoms with Crippen LogP contribution in [0.3, 0.4) is 0 Å². The highest BCUT2D eigenvalue weighted by Crippen LogP contribution is 2.46. The van der Waals surface area contributed by atoms with Gasteiger partial charge in [-0.15, -0.1) is 0 Å². The first-order valence-electron chi connectivity index (χ1n) is 13.5. The molecule has 0 saturated heterocycles. The van der Waals surface area contributed by atoms with Crippen molar-refractivity contribution in [3.8, 4) is 28.4 Å². The van der Waals surface area contributed by atoms with Gasteiger partial charge < -0.3 is 23.7 Å². The van der Waals surface area contributed by atoms with Gasteiger partial charge >= 0.3 is 23.9 Å². The van der Waals surface area contributed by atoms with Crippen LogP contribution >= 0.6 is 0 Å². The fourth-order valence-corrected chi connectivity index (χ4v) is 4.57. The summed E-state index contributed by atoms with van der Waals surface area (Å²) in [6.45, 7) is 12.8. The van der Waals surface area contributed by atoms with Crippen LogP contribution in [-0.4, -0.2) is 44.2 Å². The number of rotatable bonds is 11. The third-order valence-electron chi connectivity index (χ3n) is 6.90. The smallest absolute Gasteiger partial charge is 0.343 e. The molecule has 3 aromatic rings. The summed E-state index contributed by atoms with van der Waals surface area (Å²) in [7, 11) is 1.22. The second-order valence-corrected chi connectivity index (χ2v) is 10.1. The van der Waals surface area contributed by atoms with Crippen LogP contribution in [0.4, 0.5) is 0 Å². The normalized spacial score (nSPS) is 12.8. The zero-order valence-electron chi connectivity index (χ0n) is 24.5. The van der Waals surface area contributed by atoms with Gasteiger partial charge in [-0.05, 0) is 84.1 Å². The second-order valence-electron chi connectivity index (χ2n) is 10.1.